The predicted octanol–water partition coefficient (Wildman–Crippen LogP) is 3.41. The number of aliphatic hydroxyl groups is 1. The van der Waals surface area contributed by atoms with E-state index in [9.17, 15) is 14.3 Å². The van der Waals surface area contributed by atoms with Gasteiger partial charge < -0.3 is 16.2 Å². The van der Waals surface area contributed by atoms with Gasteiger partial charge in [0.15, 0.2) is 6.10 Å². The van der Waals surface area contributed by atoms with Gasteiger partial charge in [0.05, 0.1) is 0 Å². The summed E-state index contributed by atoms with van der Waals surface area (Å²) in [6, 6.07) is 12.3. The Labute approximate surface area is 172 Å². The minimum atomic E-state index is -1.48. The molecule has 0 saturated heterocycles. The molecule has 152 valence electrons. The summed E-state index contributed by atoms with van der Waals surface area (Å²) in [7, 11) is 0. The predicted molar refractivity (Wildman–Crippen MR) is 112 cm³/mol. The molecule has 0 bridgehead atoms. The summed E-state index contributed by atoms with van der Waals surface area (Å²) < 4.78 is 15.3. The lowest BCUT2D eigenvalue weighted by molar-refractivity contribution is -0.124. The molecule has 4 aromatic rings. The fourth-order valence-corrected chi connectivity index (χ4v) is 3.43. The second-order valence-corrected chi connectivity index (χ2v) is 7.00. The monoisotopic (exact) mass is 405 g/mol. The third kappa shape index (κ3) is 3.48. The largest absolute Gasteiger partial charge is 0.382 e. The van der Waals surface area contributed by atoms with Crippen molar-refractivity contribution in [2.45, 2.75) is 20.0 Å². The highest BCUT2D eigenvalue weighted by Gasteiger charge is 2.19. The van der Waals surface area contributed by atoms with Crippen molar-refractivity contribution in [3.05, 3.63) is 77.6 Å². The van der Waals surface area contributed by atoms with Crippen molar-refractivity contribution in [2.24, 2.45) is 0 Å². The standard InChI is InChI=1S/C22H20FN5O2/c1-12-11-25-21(24)19-18(26-13(2)28(12)19)14-6-8-17(9-7-14)27-22(30)20(29)15-4-3-5-16(23)10-15/h3-11,20,29H,1-2H3,(H2,24,25)(H,27,30)/t20-/m0/s1. The number of rotatable bonds is 4. The van der Waals surface area contributed by atoms with Gasteiger partial charge in [0, 0.05) is 23.1 Å². The third-order valence-electron chi connectivity index (χ3n) is 4.87. The number of nitrogens with two attached hydrogens (primary N) is 1. The normalized spacial score (nSPS) is 12.1. The Balaban J connectivity index is 1.59. The first-order chi connectivity index (χ1) is 14.3. The van der Waals surface area contributed by atoms with Gasteiger partial charge in [0.2, 0.25) is 0 Å². The number of anilines is 2. The van der Waals surface area contributed by atoms with Crippen molar-refractivity contribution in [3.8, 4) is 11.3 Å². The fourth-order valence-electron chi connectivity index (χ4n) is 3.43. The Morgan fingerprint density at radius 2 is 1.93 bits per heavy atom. The zero-order valence-corrected chi connectivity index (χ0v) is 16.4. The molecule has 0 aliphatic carbocycles. The van der Waals surface area contributed by atoms with Gasteiger partial charge in [-0.05, 0) is 43.7 Å². The van der Waals surface area contributed by atoms with Crippen LogP contribution in [0.4, 0.5) is 15.9 Å². The number of hydrogen-bond donors (Lipinski definition) is 3. The average molecular weight is 405 g/mol. The smallest absolute Gasteiger partial charge is 0.257 e. The lowest BCUT2D eigenvalue weighted by Crippen LogP contribution is -2.20. The van der Waals surface area contributed by atoms with Crippen LogP contribution in [-0.2, 0) is 4.79 Å². The molecule has 30 heavy (non-hydrogen) atoms. The molecule has 0 unspecified atom stereocenters. The second kappa shape index (κ2) is 7.57. The Morgan fingerprint density at radius 3 is 2.63 bits per heavy atom. The van der Waals surface area contributed by atoms with Crippen LogP contribution in [0.25, 0.3) is 16.8 Å². The molecule has 2 heterocycles. The van der Waals surface area contributed by atoms with Gasteiger partial charge in [-0.1, -0.05) is 24.3 Å². The lowest BCUT2D eigenvalue weighted by Gasteiger charge is -2.12. The van der Waals surface area contributed by atoms with Crippen molar-refractivity contribution in [2.75, 3.05) is 11.1 Å². The van der Waals surface area contributed by atoms with E-state index in [1.807, 2.05) is 18.2 Å². The van der Waals surface area contributed by atoms with E-state index in [1.165, 1.54) is 18.2 Å². The number of amides is 1. The van der Waals surface area contributed by atoms with Crippen LogP contribution in [-0.4, -0.2) is 25.4 Å². The molecule has 1 atom stereocenters. The number of aryl methyl sites for hydroxylation is 2. The number of aromatic nitrogens is 3. The van der Waals surface area contributed by atoms with Gasteiger partial charge in [0.25, 0.3) is 5.91 Å². The SMILES string of the molecule is Cc1cnc(N)c2c(-c3ccc(NC(=O)[C@@H](O)c4cccc(F)c4)cc3)nc(C)n12. The van der Waals surface area contributed by atoms with E-state index in [4.69, 9.17) is 5.73 Å². The van der Waals surface area contributed by atoms with Crippen LogP contribution in [0.2, 0.25) is 0 Å². The van der Waals surface area contributed by atoms with Gasteiger partial charge in [-0.3, -0.25) is 9.20 Å². The zero-order valence-electron chi connectivity index (χ0n) is 16.4. The maximum absolute atomic E-state index is 13.3. The van der Waals surface area contributed by atoms with Gasteiger partial charge >= 0.3 is 0 Å². The van der Waals surface area contributed by atoms with E-state index in [2.05, 4.69) is 15.3 Å². The van der Waals surface area contributed by atoms with Crippen LogP contribution in [0.1, 0.15) is 23.2 Å². The van der Waals surface area contributed by atoms with Crippen molar-refractivity contribution < 1.29 is 14.3 Å². The molecule has 0 radical (unpaired) electrons. The molecule has 0 aliphatic heterocycles. The molecule has 4 N–H and O–H groups in total. The molecule has 4 rings (SSSR count). The second-order valence-electron chi connectivity index (χ2n) is 7.00. The highest BCUT2D eigenvalue weighted by Crippen LogP contribution is 2.30. The minimum absolute atomic E-state index is 0.183. The molecule has 0 saturated carbocycles. The zero-order chi connectivity index (χ0) is 21.4. The number of hydrogen-bond acceptors (Lipinski definition) is 5. The Morgan fingerprint density at radius 1 is 1.20 bits per heavy atom. The third-order valence-corrected chi connectivity index (χ3v) is 4.87. The average Bonchev–Trinajstić information content (AvgIpc) is 3.09. The number of imidazole rings is 1. The van der Waals surface area contributed by atoms with Crippen LogP contribution in [0.5, 0.6) is 0 Å². The van der Waals surface area contributed by atoms with Gasteiger partial charge in [-0.15, -0.1) is 0 Å². The molecule has 0 spiro atoms. The number of fused-ring (bicyclic) bond motifs is 1. The molecule has 0 aliphatic rings. The van der Waals surface area contributed by atoms with Crippen molar-refractivity contribution in [3.63, 3.8) is 0 Å². The van der Waals surface area contributed by atoms with E-state index in [0.29, 0.717) is 17.2 Å². The highest BCUT2D eigenvalue weighted by atomic mass is 19.1. The topological polar surface area (TPSA) is 106 Å². The molecule has 1 amide bonds. The minimum Gasteiger partial charge on any atom is -0.382 e. The van der Waals surface area contributed by atoms with Gasteiger partial charge in [0.1, 0.15) is 28.7 Å². The van der Waals surface area contributed by atoms with Crippen LogP contribution in [0.15, 0.2) is 54.7 Å². The first-order valence-electron chi connectivity index (χ1n) is 9.30. The van der Waals surface area contributed by atoms with E-state index in [1.54, 1.807) is 30.5 Å². The van der Waals surface area contributed by atoms with Gasteiger partial charge in [-0.2, -0.15) is 0 Å². The summed E-state index contributed by atoms with van der Waals surface area (Å²) in [5, 5.41) is 12.8. The fraction of sp³-hybridized carbons (Fsp3) is 0.136. The van der Waals surface area contributed by atoms with E-state index in [-0.39, 0.29) is 5.56 Å². The first-order valence-corrected chi connectivity index (χ1v) is 9.30. The van der Waals surface area contributed by atoms with Crippen LogP contribution in [0, 0.1) is 19.7 Å². The number of nitrogens with one attached hydrogen (secondary N) is 1. The highest BCUT2D eigenvalue weighted by molar-refractivity contribution is 5.95. The Bertz CT molecular complexity index is 1250. The summed E-state index contributed by atoms with van der Waals surface area (Å²) in [6.45, 7) is 3.83. The number of nitrogens with zero attached hydrogens (tertiary/aromatic N) is 3. The number of nitrogen functional groups attached to an aromatic ring is 1. The summed E-state index contributed by atoms with van der Waals surface area (Å²) in [4.78, 5) is 21.2. The first kappa shape index (κ1) is 19.5. The van der Waals surface area contributed by atoms with E-state index in [0.717, 1.165) is 28.7 Å². The lowest BCUT2D eigenvalue weighted by atomic mass is 10.1. The summed E-state index contributed by atoms with van der Waals surface area (Å²) in [5.41, 5.74) is 9.91. The van der Waals surface area contributed by atoms with Crippen molar-refractivity contribution in [1.29, 1.82) is 0 Å². The Kier molecular flexibility index (Phi) is 4.93. The molecule has 7 nitrogen and oxygen atoms in total. The molecule has 2 aromatic carbocycles. The number of aliphatic hydroxyl groups excluding tert-OH is 1. The summed E-state index contributed by atoms with van der Waals surface area (Å²) in [6.07, 6.45) is 0.220. The summed E-state index contributed by atoms with van der Waals surface area (Å²) >= 11 is 0. The van der Waals surface area contributed by atoms with Crippen LogP contribution < -0.4 is 11.1 Å². The number of carbonyl (C=O) groups excluding carboxylic acids is 1. The maximum atomic E-state index is 13.3. The van der Waals surface area contributed by atoms with E-state index >= 15 is 0 Å². The quantitative estimate of drug-likeness (QED) is 0.483. The number of halogens is 1. The molecular weight excluding hydrogens is 385 g/mol. The van der Waals surface area contributed by atoms with Crippen molar-refractivity contribution in [1.82, 2.24) is 14.4 Å². The molecule has 2 aromatic heterocycles. The number of benzene rings is 2. The summed E-state index contributed by atoms with van der Waals surface area (Å²) in [5.74, 6) is 0.00462. The van der Waals surface area contributed by atoms with Crippen molar-refractivity contribution >= 4 is 22.9 Å². The van der Waals surface area contributed by atoms with E-state index < -0.39 is 17.8 Å². The maximum Gasteiger partial charge on any atom is 0.257 e. The molecule has 0 fully saturated rings. The van der Waals surface area contributed by atoms with Gasteiger partial charge in [-0.25, -0.2) is 14.4 Å². The molecular formula is C22H20FN5O2. The molecule has 8 heteroatoms. The number of carbonyl (C=O) groups is 1. The van der Waals surface area contributed by atoms with Crippen LogP contribution in [0.3, 0.4) is 0 Å². The Hall–Kier alpha value is -3.78. The van der Waals surface area contributed by atoms with Crippen LogP contribution >= 0.6 is 0 Å².